The number of fused-ring (bicyclic) bond motifs is 1. The Bertz CT molecular complexity index is 1900. The van der Waals surface area contributed by atoms with E-state index in [-0.39, 0.29) is 17.9 Å². The van der Waals surface area contributed by atoms with Gasteiger partial charge in [-0.1, -0.05) is 35.6 Å². The molecular weight excluding hydrogens is 562 g/mol. The Labute approximate surface area is 243 Å². The van der Waals surface area contributed by atoms with E-state index in [2.05, 4.69) is 4.99 Å². The van der Waals surface area contributed by atoms with Crippen LogP contribution in [0.25, 0.3) is 17.4 Å². The molecule has 1 aliphatic heterocycles. The third-order valence-electron chi connectivity index (χ3n) is 6.57. The van der Waals surface area contributed by atoms with E-state index in [1.807, 2.05) is 6.92 Å². The Kier molecular flexibility index (Phi) is 8.07. The van der Waals surface area contributed by atoms with Gasteiger partial charge in [0.1, 0.15) is 17.6 Å². The molecule has 11 nitrogen and oxygen atoms in total. The Morgan fingerprint density at radius 1 is 1.17 bits per heavy atom. The van der Waals surface area contributed by atoms with Crippen molar-refractivity contribution in [1.29, 1.82) is 0 Å². The zero-order chi connectivity index (χ0) is 30.0. The van der Waals surface area contributed by atoms with Gasteiger partial charge in [-0.3, -0.25) is 19.5 Å². The van der Waals surface area contributed by atoms with E-state index < -0.39 is 22.5 Å². The molecule has 2 aromatic carbocycles. The molecule has 4 aromatic rings. The van der Waals surface area contributed by atoms with Crippen molar-refractivity contribution in [3.8, 4) is 22.8 Å². The molecule has 0 radical (unpaired) electrons. The van der Waals surface area contributed by atoms with E-state index >= 15 is 0 Å². The lowest BCUT2D eigenvalue weighted by atomic mass is 9.94. The number of allylic oxidation sites excluding steroid dienone is 1. The van der Waals surface area contributed by atoms with E-state index in [4.69, 9.17) is 18.6 Å². The highest BCUT2D eigenvalue weighted by atomic mass is 32.1. The Balaban J connectivity index is 1.67. The summed E-state index contributed by atoms with van der Waals surface area (Å²) >= 11 is 1.15. The van der Waals surface area contributed by atoms with E-state index in [0.717, 1.165) is 11.3 Å². The quantitative estimate of drug-likeness (QED) is 0.160. The summed E-state index contributed by atoms with van der Waals surface area (Å²) < 4.78 is 24.6. The standard InChI is InChI=1S/C30H27N3O8S/c1-5-39-27-21(11-8-12-23(27)38-4)26-25(29(35)40-6-2)17(3)31-30-32(26)28(34)24(42-30)16-20-13-14-22(41-20)18-9-7-10-19(15-18)33(36)37/h7-16,26H,5-6H2,1-4H3/b24-16+/t26-/m0/s1. The molecule has 12 heteroatoms. The van der Waals surface area contributed by atoms with Crippen molar-refractivity contribution >= 4 is 29.1 Å². The van der Waals surface area contributed by atoms with Crippen molar-refractivity contribution in [3.05, 3.63) is 107 Å². The van der Waals surface area contributed by atoms with Gasteiger partial charge in [-0.25, -0.2) is 9.79 Å². The third-order valence-corrected chi connectivity index (χ3v) is 7.55. The number of furan rings is 1. The lowest BCUT2D eigenvalue weighted by Crippen LogP contribution is -2.40. The number of carbonyl (C=O) groups excluding carboxylic acids is 1. The van der Waals surface area contributed by atoms with Crippen LogP contribution in [-0.2, 0) is 9.53 Å². The van der Waals surface area contributed by atoms with Crippen LogP contribution in [0.2, 0.25) is 0 Å². The molecule has 0 unspecified atom stereocenters. The topological polar surface area (TPSA) is 135 Å². The average Bonchev–Trinajstić information content (AvgIpc) is 3.57. The van der Waals surface area contributed by atoms with Gasteiger partial charge in [0.25, 0.3) is 11.2 Å². The molecule has 3 heterocycles. The maximum Gasteiger partial charge on any atom is 0.338 e. The van der Waals surface area contributed by atoms with Crippen LogP contribution < -0.4 is 24.4 Å². The second-order valence-corrected chi connectivity index (χ2v) is 10.1. The van der Waals surface area contributed by atoms with Crippen LogP contribution in [0.15, 0.2) is 80.1 Å². The summed E-state index contributed by atoms with van der Waals surface area (Å²) in [6.07, 6.45) is 1.58. The molecule has 42 heavy (non-hydrogen) atoms. The van der Waals surface area contributed by atoms with Crippen molar-refractivity contribution in [3.63, 3.8) is 0 Å². The lowest BCUT2D eigenvalue weighted by Gasteiger charge is -2.26. The number of hydrogen-bond acceptors (Lipinski definition) is 10. The summed E-state index contributed by atoms with van der Waals surface area (Å²) in [5.41, 5.74) is 1.26. The van der Waals surface area contributed by atoms with Gasteiger partial charge >= 0.3 is 5.97 Å². The van der Waals surface area contributed by atoms with Gasteiger partial charge in [-0.15, -0.1) is 0 Å². The number of aromatic nitrogens is 1. The van der Waals surface area contributed by atoms with E-state index in [1.165, 1.54) is 23.8 Å². The van der Waals surface area contributed by atoms with Crippen molar-refractivity contribution in [2.24, 2.45) is 4.99 Å². The summed E-state index contributed by atoms with van der Waals surface area (Å²) in [5, 5.41) is 11.2. The summed E-state index contributed by atoms with van der Waals surface area (Å²) in [5.74, 6) is 1.06. The van der Waals surface area contributed by atoms with Gasteiger partial charge in [0, 0.05) is 29.3 Å². The number of nitro benzene ring substituents is 1. The number of benzene rings is 2. The third kappa shape index (κ3) is 5.23. The second-order valence-electron chi connectivity index (χ2n) is 9.12. The number of hydrogen-bond donors (Lipinski definition) is 0. The zero-order valence-corrected chi connectivity index (χ0v) is 24.1. The molecule has 0 saturated heterocycles. The van der Waals surface area contributed by atoms with Crippen LogP contribution in [0.3, 0.4) is 0 Å². The average molecular weight is 590 g/mol. The van der Waals surface area contributed by atoms with Gasteiger partial charge < -0.3 is 18.6 Å². The van der Waals surface area contributed by atoms with Gasteiger partial charge in [0.15, 0.2) is 16.3 Å². The molecular formula is C30H27N3O8S. The number of esters is 1. The van der Waals surface area contributed by atoms with Crippen molar-refractivity contribution in [2.45, 2.75) is 26.8 Å². The number of rotatable bonds is 9. The monoisotopic (exact) mass is 589 g/mol. The summed E-state index contributed by atoms with van der Waals surface area (Å²) in [7, 11) is 1.52. The van der Waals surface area contributed by atoms with Crippen LogP contribution in [-0.4, -0.2) is 35.8 Å². The number of thiazole rings is 1. The molecule has 5 rings (SSSR count). The van der Waals surface area contributed by atoms with Crippen molar-refractivity contribution in [2.75, 3.05) is 20.3 Å². The number of non-ortho nitro benzene ring substituents is 1. The largest absolute Gasteiger partial charge is 0.493 e. The first-order chi connectivity index (χ1) is 20.3. The first-order valence-electron chi connectivity index (χ1n) is 13.1. The fraction of sp³-hybridized carbons (Fsp3) is 0.233. The summed E-state index contributed by atoms with van der Waals surface area (Å²) in [6, 6.07) is 13.8. The number of carbonyl (C=O) groups is 1. The number of nitrogens with zero attached hydrogens (tertiary/aromatic N) is 3. The molecule has 2 aromatic heterocycles. The van der Waals surface area contributed by atoms with Crippen LogP contribution in [0.1, 0.15) is 38.1 Å². The maximum atomic E-state index is 14.0. The molecule has 0 spiro atoms. The molecule has 0 aliphatic carbocycles. The van der Waals surface area contributed by atoms with E-state index in [9.17, 15) is 19.7 Å². The Hall–Kier alpha value is -4.97. The molecule has 216 valence electrons. The van der Waals surface area contributed by atoms with E-state index in [1.54, 1.807) is 62.4 Å². The van der Waals surface area contributed by atoms with E-state index in [0.29, 0.717) is 55.8 Å². The Morgan fingerprint density at radius 3 is 2.67 bits per heavy atom. The summed E-state index contributed by atoms with van der Waals surface area (Å²) in [6.45, 7) is 5.72. The van der Waals surface area contributed by atoms with Crippen LogP contribution in [0.4, 0.5) is 5.69 Å². The van der Waals surface area contributed by atoms with Crippen LogP contribution in [0.5, 0.6) is 11.5 Å². The van der Waals surface area contributed by atoms with Crippen LogP contribution in [0, 0.1) is 10.1 Å². The van der Waals surface area contributed by atoms with Gasteiger partial charge in [-0.05, 0) is 39.0 Å². The lowest BCUT2D eigenvalue weighted by molar-refractivity contribution is -0.384. The highest BCUT2D eigenvalue weighted by Crippen LogP contribution is 2.40. The molecule has 0 saturated carbocycles. The molecule has 0 amide bonds. The first kappa shape index (κ1) is 28.6. The molecule has 1 atom stereocenters. The molecule has 0 fully saturated rings. The molecule has 1 aliphatic rings. The minimum atomic E-state index is -0.892. The highest BCUT2D eigenvalue weighted by molar-refractivity contribution is 7.07. The summed E-state index contributed by atoms with van der Waals surface area (Å²) in [4.78, 5) is 42.9. The molecule has 0 bridgehead atoms. The van der Waals surface area contributed by atoms with Crippen molar-refractivity contribution in [1.82, 2.24) is 4.57 Å². The van der Waals surface area contributed by atoms with Gasteiger partial charge in [0.2, 0.25) is 0 Å². The predicted octanol–water partition coefficient (Wildman–Crippen LogP) is 4.37. The molecule has 0 N–H and O–H groups in total. The fourth-order valence-corrected chi connectivity index (χ4v) is 5.81. The number of ether oxygens (including phenoxy) is 3. The smallest absolute Gasteiger partial charge is 0.338 e. The van der Waals surface area contributed by atoms with Crippen molar-refractivity contribution < 1.29 is 28.3 Å². The maximum absolute atomic E-state index is 14.0. The fourth-order valence-electron chi connectivity index (χ4n) is 4.78. The minimum absolute atomic E-state index is 0.0597. The number of nitro groups is 1. The predicted molar refractivity (Wildman–Crippen MR) is 155 cm³/mol. The number of methoxy groups -OCH3 is 1. The van der Waals surface area contributed by atoms with Crippen LogP contribution >= 0.6 is 11.3 Å². The zero-order valence-electron chi connectivity index (χ0n) is 23.3. The first-order valence-corrected chi connectivity index (χ1v) is 13.9. The second kappa shape index (κ2) is 11.9. The van der Waals surface area contributed by atoms with Gasteiger partial charge in [0.05, 0.1) is 41.0 Å². The van der Waals surface area contributed by atoms with Gasteiger partial charge in [-0.2, -0.15) is 0 Å². The normalized spacial score (nSPS) is 14.8. The SMILES string of the molecule is CCOC(=O)C1=C(C)N=c2s/c(=C/c3ccc(-c4cccc([N+](=O)[O-])c4)o3)c(=O)n2[C@H]1c1cccc(OC)c1OCC. The minimum Gasteiger partial charge on any atom is -0.493 e. The highest BCUT2D eigenvalue weighted by Gasteiger charge is 2.36. The Morgan fingerprint density at radius 2 is 1.95 bits per heavy atom. The number of para-hydroxylation sites is 1.